The van der Waals surface area contributed by atoms with E-state index in [1.807, 2.05) is 62.7 Å². The number of nitrogens with zero attached hydrogens (tertiary/aromatic N) is 1. The van der Waals surface area contributed by atoms with E-state index in [0.29, 0.717) is 0 Å². The standard InChI is InChI=1S/C15H22N2O/c1-11(15(16,18)14(2,3)4)17-10-9-12-7-5-6-8-13(12)17/h5-11,18H,16H2,1-4H3. The van der Waals surface area contributed by atoms with Crippen molar-refractivity contribution in [3.8, 4) is 0 Å². The van der Waals surface area contributed by atoms with Crippen LogP contribution in [0.2, 0.25) is 0 Å². The van der Waals surface area contributed by atoms with E-state index < -0.39 is 11.1 Å². The molecule has 0 radical (unpaired) electrons. The largest absolute Gasteiger partial charge is 0.373 e. The fourth-order valence-electron chi connectivity index (χ4n) is 2.28. The van der Waals surface area contributed by atoms with Crippen molar-refractivity contribution in [2.75, 3.05) is 0 Å². The minimum Gasteiger partial charge on any atom is -0.373 e. The number of benzene rings is 1. The highest BCUT2D eigenvalue weighted by Crippen LogP contribution is 2.36. The van der Waals surface area contributed by atoms with Gasteiger partial charge in [0.15, 0.2) is 0 Å². The summed E-state index contributed by atoms with van der Waals surface area (Å²) in [6.45, 7) is 7.82. The molecule has 2 unspecified atom stereocenters. The summed E-state index contributed by atoms with van der Waals surface area (Å²) in [6, 6.07) is 9.96. The molecule has 0 spiro atoms. The van der Waals surface area contributed by atoms with E-state index in [1.54, 1.807) is 0 Å². The second-order valence-corrected chi connectivity index (χ2v) is 6.03. The van der Waals surface area contributed by atoms with Crippen molar-refractivity contribution in [2.24, 2.45) is 11.1 Å². The van der Waals surface area contributed by atoms with Gasteiger partial charge < -0.3 is 15.4 Å². The Kier molecular flexibility index (Phi) is 2.99. The van der Waals surface area contributed by atoms with E-state index in [2.05, 4.69) is 6.07 Å². The summed E-state index contributed by atoms with van der Waals surface area (Å²) >= 11 is 0. The SMILES string of the molecule is CC(n1ccc2ccccc21)C(N)(O)C(C)(C)C. The molecule has 0 saturated carbocycles. The van der Waals surface area contributed by atoms with Gasteiger partial charge in [-0.25, -0.2) is 0 Å². The van der Waals surface area contributed by atoms with Gasteiger partial charge >= 0.3 is 0 Å². The number of aliphatic hydroxyl groups is 1. The lowest BCUT2D eigenvalue weighted by Crippen LogP contribution is -2.56. The van der Waals surface area contributed by atoms with Crippen molar-refractivity contribution >= 4 is 10.9 Å². The number of hydrogen-bond acceptors (Lipinski definition) is 2. The molecule has 0 amide bonds. The summed E-state index contributed by atoms with van der Waals surface area (Å²) in [5, 5.41) is 11.8. The number of fused-ring (bicyclic) bond motifs is 1. The van der Waals surface area contributed by atoms with Crippen molar-refractivity contribution in [3.05, 3.63) is 36.5 Å². The Morgan fingerprint density at radius 3 is 2.39 bits per heavy atom. The normalized spacial score (nSPS) is 17.7. The van der Waals surface area contributed by atoms with Gasteiger partial charge in [0, 0.05) is 17.1 Å². The fourth-order valence-corrected chi connectivity index (χ4v) is 2.28. The Hall–Kier alpha value is -1.32. The second-order valence-electron chi connectivity index (χ2n) is 6.03. The number of aromatic nitrogens is 1. The number of nitrogens with two attached hydrogens (primary N) is 1. The summed E-state index contributed by atoms with van der Waals surface area (Å²) < 4.78 is 2.04. The predicted octanol–water partition coefficient (Wildman–Crippen LogP) is 2.90. The summed E-state index contributed by atoms with van der Waals surface area (Å²) in [5.74, 6) is 0. The van der Waals surface area contributed by atoms with Crippen molar-refractivity contribution in [1.29, 1.82) is 0 Å². The third-order valence-electron chi connectivity index (χ3n) is 3.89. The Morgan fingerprint density at radius 1 is 1.17 bits per heavy atom. The molecule has 0 bridgehead atoms. The first-order chi connectivity index (χ1) is 8.25. The molecule has 2 atom stereocenters. The monoisotopic (exact) mass is 246 g/mol. The van der Waals surface area contributed by atoms with E-state index in [1.165, 1.54) is 0 Å². The molecule has 0 aliphatic heterocycles. The van der Waals surface area contributed by atoms with Crippen LogP contribution in [-0.2, 0) is 0 Å². The molecule has 0 saturated heterocycles. The van der Waals surface area contributed by atoms with Crippen LogP contribution in [0.3, 0.4) is 0 Å². The zero-order valence-corrected chi connectivity index (χ0v) is 11.5. The maximum Gasteiger partial charge on any atom is 0.138 e. The second kappa shape index (κ2) is 4.11. The van der Waals surface area contributed by atoms with E-state index in [0.717, 1.165) is 10.9 Å². The first kappa shape index (κ1) is 13.1. The third kappa shape index (κ3) is 1.93. The van der Waals surface area contributed by atoms with Gasteiger partial charge in [-0.05, 0) is 24.4 Å². The molecule has 1 heterocycles. The van der Waals surface area contributed by atoms with E-state index >= 15 is 0 Å². The molecule has 18 heavy (non-hydrogen) atoms. The number of rotatable bonds is 2. The van der Waals surface area contributed by atoms with Crippen LogP contribution in [0.4, 0.5) is 0 Å². The van der Waals surface area contributed by atoms with Gasteiger partial charge in [-0.1, -0.05) is 39.0 Å². The van der Waals surface area contributed by atoms with Crippen LogP contribution in [0, 0.1) is 5.41 Å². The van der Waals surface area contributed by atoms with Gasteiger partial charge in [0.05, 0.1) is 6.04 Å². The predicted molar refractivity (Wildman–Crippen MR) is 75.2 cm³/mol. The Labute approximate surface area is 108 Å². The minimum absolute atomic E-state index is 0.197. The van der Waals surface area contributed by atoms with E-state index in [9.17, 15) is 5.11 Å². The Balaban J connectivity index is 2.49. The molecule has 2 aromatic rings. The highest BCUT2D eigenvalue weighted by Gasteiger charge is 2.42. The van der Waals surface area contributed by atoms with Crippen LogP contribution >= 0.6 is 0 Å². The van der Waals surface area contributed by atoms with Gasteiger partial charge in [-0.2, -0.15) is 0 Å². The van der Waals surface area contributed by atoms with Crippen molar-refractivity contribution in [2.45, 2.75) is 39.5 Å². The van der Waals surface area contributed by atoms with Gasteiger partial charge in [-0.3, -0.25) is 0 Å². The van der Waals surface area contributed by atoms with Gasteiger partial charge in [0.1, 0.15) is 5.72 Å². The van der Waals surface area contributed by atoms with Gasteiger partial charge in [0.25, 0.3) is 0 Å². The third-order valence-corrected chi connectivity index (χ3v) is 3.89. The first-order valence-corrected chi connectivity index (χ1v) is 6.32. The van der Waals surface area contributed by atoms with Crippen LogP contribution in [0.5, 0.6) is 0 Å². The molecule has 98 valence electrons. The smallest absolute Gasteiger partial charge is 0.138 e. The maximum absolute atomic E-state index is 10.6. The lowest BCUT2D eigenvalue weighted by atomic mass is 9.79. The summed E-state index contributed by atoms with van der Waals surface area (Å²) in [4.78, 5) is 0. The van der Waals surface area contributed by atoms with Gasteiger partial charge in [-0.15, -0.1) is 0 Å². The average molecular weight is 246 g/mol. The molecular weight excluding hydrogens is 224 g/mol. The zero-order valence-electron chi connectivity index (χ0n) is 11.5. The van der Waals surface area contributed by atoms with Crippen LogP contribution in [0.25, 0.3) is 10.9 Å². The van der Waals surface area contributed by atoms with Crippen molar-refractivity contribution in [1.82, 2.24) is 4.57 Å². The Morgan fingerprint density at radius 2 is 1.78 bits per heavy atom. The van der Waals surface area contributed by atoms with Crippen LogP contribution in [0.1, 0.15) is 33.7 Å². The highest BCUT2D eigenvalue weighted by molar-refractivity contribution is 5.80. The molecule has 1 aromatic heterocycles. The molecule has 0 aliphatic carbocycles. The number of hydrogen-bond donors (Lipinski definition) is 2. The lowest BCUT2D eigenvalue weighted by Gasteiger charge is -2.42. The molecule has 0 fully saturated rings. The van der Waals surface area contributed by atoms with E-state index in [-0.39, 0.29) is 6.04 Å². The first-order valence-electron chi connectivity index (χ1n) is 6.32. The Bertz CT molecular complexity index is 549. The average Bonchev–Trinajstić information content (AvgIpc) is 2.70. The van der Waals surface area contributed by atoms with Crippen LogP contribution in [0.15, 0.2) is 36.5 Å². The maximum atomic E-state index is 10.6. The van der Waals surface area contributed by atoms with Crippen molar-refractivity contribution in [3.63, 3.8) is 0 Å². The number of para-hydroxylation sites is 1. The fraction of sp³-hybridized carbons (Fsp3) is 0.467. The van der Waals surface area contributed by atoms with E-state index in [4.69, 9.17) is 5.73 Å². The summed E-state index contributed by atoms with van der Waals surface area (Å²) in [7, 11) is 0. The summed E-state index contributed by atoms with van der Waals surface area (Å²) in [6.07, 6.45) is 1.99. The quantitative estimate of drug-likeness (QED) is 0.800. The molecule has 3 heteroatoms. The van der Waals surface area contributed by atoms with Crippen molar-refractivity contribution < 1.29 is 5.11 Å². The molecule has 3 nitrogen and oxygen atoms in total. The molecular formula is C15H22N2O. The molecule has 3 N–H and O–H groups in total. The molecule has 0 aliphatic rings. The molecule has 2 rings (SSSR count). The van der Waals surface area contributed by atoms with Crippen LogP contribution in [-0.4, -0.2) is 15.4 Å². The zero-order chi connectivity index (χ0) is 13.6. The van der Waals surface area contributed by atoms with Crippen LogP contribution < -0.4 is 5.73 Å². The highest BCUT2D eigenvalue weighted by atomic mass is 16.3. The lowest BCUT2D eigenvalue weighted by molar-refractivity contribution is -0.0878. The summed E-state index contributed by atoms with van der Waals surface area (Å²) in [5.41, 5.74) is 5.59. The van der Waals surface area contributed by atoms with Gasteiger partial charge in [0.2, 0.25) is 0 Å². The topological polar surface area (TPSA) is 51.2 Å². The minimum atomic E-state index is -1.27. The molecule has 1 aromatic carbocycles.